The number of carbonyl (C=O) groups is 2. The van der Waals surface area contributed by atoms with Crippen LogP contribution < -0.4 is 5.32 Å². The lowest BCUT2D eigenvalue weighted by Gasteiger charge is -2.08. The number of H-pyrrole nitrogens is 1. The Balaban J connectivity index is 1.66. The van der Waals surface area contributed by atoms with Crippen LogP contribution in [0.1, 0.15) is 24.0 Å². The molecule has 1 amide bonds. The number of nitrogens with one attached hydrogen (secondary N) is 2. The molecule has 5 nitrogen and oxygen atoms in total. The highest BCUT2D eigenvalue weighted by Gasteiger charge is 2.10. The topological polar surface area (TPSA) is 71.2 Å². The van der Waals surface area contributed by atoms with Crippen LogP contribution in [0.25, 0.3) is 21.8 Å². The summed E-state index contributed by atoms with van der Waals surface area (Å²) in [6, 6.07) is 12.5. The van der Waals surface area contributed by atoms with Gasteiger partial charge in [0.2, 0.25) is 5.91 Å². The monoisotopic (exact) mass is 338 g/mol. The minimum absolute atomic E-state index is 0.113. The number of aromatic amines is 1. The van der Waals surface area contributed by atoms with Gasteiger partial charge in [0, 0.05) is 34.8 Å². The van der Waals surface area contributed by atoms with Crippen molar-refractivity contribution in [3.05, 3.63) is 47.5 Å². The summed E-state index contributed by atoms with van der Waals surface area (Å²) in [4.78, 5) is 26.3. The van der Waals surface area contributed by atoms with E-state index >= 15 is 0 Å². The van der Waals surface area contributed by atoms with E-state index in [0.717, 1.165) is 17.5 Å². The molecule has 2 N–H and O–H groups in total. The fraction of sp³-hybridized carbons (Fsp3) is 0.300. The third kappa shape index (κ3) is 3.65. The van der Waals surface area contributed by atoms with Crippen molar-refractivity contribution in [1.29, 1.82) is 0 Å². The summed E-state index contributed by atoms with van der Waals surface area (Å²) in [5.41, 5.74) is 4.69. The number of ether oxygens (including phenoxy) is 1. The van der Waals surface area contributed by atoms with E-state index in [9.17, 15) is 9.59 Å². The lowest BCUT2D eigenvalue weighted by Crippen LogP contribution is -2.26. The summed E-state index contributed by atoms with van der Waals surface area (Å²) in [5.74, 6) is -0.495. The van der Waals surface area contributed by atoms with Crippen LogP contribution in [0.3, 0.4) is 0 Å². The quantitative estimate of drug-likeness (QED) is 0.678. The van der Waals surface area contributed by atoms with E-state index in [-0.39, 0.29) is 24.7 Å². The summed E-state index contributed by atoms with van der Waals surface area (Å²) in [6.07, 6.45) is 1.02. The fourth-order valence-electron chi connectivity index (χ4n) is 3.12. The van der Waals surface area contributed by atoms with Crippen molar-refractivity contribution in [2.75, 3.05) is 13.7 Å². The maximum atomic E-state index is 11.7. The van der Waals surface area contributed by atoms with Crippen molar-refractivity contribution in [1.82, 2.24) is 10.3 Å². The second-order valence-corrected chi connectivity index (χ2v) is 6.12. The number of aromatic nitrogens is 1. The zero-order valence-corrected chi connectivity index (χ0v) is 14.5. The highest BCUT2D eigenvalue weighted by molar-refractivity contribution is 6.08. The van der Waals surface area contributed by atoms with E-state index in [2.05, 4.69) is 46.2 Å². The number of hydrogen-bond acceptors (Lipinski definition) is 3. The van der Waals surface area contributed by atoms with Crippen molar-refractivity contribution in [3.63, 3.8) is 0 Å². The number of fused-ring (bicyclic) bond motifs is 3. The molecule has 0 aliphatic heterocycles. The molecule has 0 fully saturated rings. The van der Waals surface area contributed by atoms with Gasteiger partial charge in [0.25, 0.3) is 0 Å². The smallest absolute Gasteiger partial charge is 0.306 e. The van der Waals surface area contributed by atoms with Crippen LogP contribution in [0.4, 0.5) is 0 Å². The van der Waals surface area contributed by atoms with Gasteiger partial charge < -0.3 is 15.0 Å². The van der Waals surface area contributed by atoms with Gasteiger partial charge in [0.05, 0.1) is 13.5 Å². The molecular formula is C20H22N2O3. The molecule has 0 saturated carbocycles. The number of methoxy groups -OCH3 is 1. The molecular weight excluding hydrogens is 316 g/mol. The van der Waals surface area contributed by atoms with E-state index in [1.807, 2.05) is 12.1 Å². The average molecular weight is 338 g/mol. The molecule has 0 aliphatic carbocycles. The summed E-state index contributed by atoms with van der Waals surface area (Å²) in [5, 5.41) is 5.30. The van der Waals surface area contributed by atoms with Gasteiger partial charge in [-0.05, 0) is 30.5 Å². The Labute approximate surface area is 146 Å². The number of hydrogen-bond donors (Lipinski definition) is 2. The lowest BCUT2D eigenvalue weighted by molar-refractivity contribution is -0.142. The third-order valence-electron chi connectivity index (χ3n) is 4.55. The largest absolute Gasteiger partial charge is 0.469 e. The van der Waals surface area contributed by atoms with Gasteiger partial charge in [-0.1, -0.05) is 30.3 Å². The Morgan fingerprint density at radius 2 is 1.88 bits per heavy atom. The Bertz CT molecular complexity index is 927. The fourth-order valence-corrected chi connectivity index (χ4v) is 3.12. The van der Waals surface area contributed by atoms with Crippen LogP contribution in [0.5, 0.6) is 0 Å². The first-order valence-electron chi connectivity index (χ1n) is 8.42. The van der Waals surface area contributed by atoms with E-state index in [4.69, 9.17) is 0 Å². The number of amides is 1. The molecule has 2 aromatic carbocycles. The SMILES string of the molecule is COC(=O)CCC(=O)NCCc1ccc2c([nH]c3ccccc32)c1C. The van der Waals surface area contributed by atoms with Gasteiger partial charge >= 0.3 is 5.97 Å². The van der Waals surface area contributed by atoms with Crippen LogP contribution >= 0.6 is 0 Å². The van der Waals surface area contributed by atoms with Gasteiger partial charge in [-0.25, -0.2) is 0 Å². The van der Waals surface area contributed by atoms with Crippen molar-refractivity contribution in [3.8, 4) is 0 Å². The van der Waals surface area contributed by atoms with Gasteiger partial charge in [-0.3, -0.25) is 9.59 Å². The van der Waals surface area contributed by atoms with Gasteiger partial charge in [-0.2, -0.15) is 0 Å². The zero-order valence-electron chi connectivity index (χ0n) is 14.5. The van der Waals surface area contributed by atoms with Gasteiger partial charge in [-0.15, -0.1) is 0 Å². The molecule has 5 heteroatoms. The number of carbonyl (C=O) groups excluding carboxylic acids is 2. The van der Waals surface area contributed by atoms with Crippen LogP contribution in [0, 0.1) is 6.92 Å². The molecule has 0 bridgehead atoms. The predicted octanol–water partition coefficient (Wildman–Crippen LogP) is 3.24. The Morgan fingerprint density at radius 3 is 2.68 bits per heavy atom. The maximum Gasteiger partial charge on any atom is 0.306 e. The first kappa shape index (κ1) is 17.0. The van der Waals surface area contributed by atoms with Crippen LogP contribution in [0.2, 0.25) is 0 Å². The summed E-state index contributed by atoms with van der Waals surface area (Å²) in [6.45, 7) is 2.65. The van der Waals surface area contributed by atoms with Crippen molar-refractivity contribution in [2.24, 2.45) is 0 Å². The molecule has 3 rings (SSSR count). The molecule has 0 radical (unpaired) electrons. The summed E-state index contributed by atoms with van der Waals surface area (Å²) < 4.78 is 4.53. The minimum atomic E-state index is -0.366. The predicted molar refractivity (Wildman–Crippen MR) is 98.5 cm³/mol. The lowest BCUT2D eigenvalue weighted by atomic mass is 10.0. The van der Waals surface area contributed by atoms with Crippen molar-refractivity contribution in [2.45, 2.75) is 26.2 Å². The van der Waals surface area contributed by atoms with E-state index in [1.165, 1.54) is 29.0 Å². The highest BCUT2D eigenvalue weighted by Crippen LogP contribution is 2.29. The number of rotatable bonds is 6. The van der Waals surface area contributed by atoms with Gasteiger partial charge in [0.15, 0.2) is 0 Å². The third-order valence-corrected chi connectivity index (χ3v) is 4.55. The van der Waals surface area contributed by atoms with E-state index in [0.29, 0.717) is 6.54 Å². The number of para-hydroxylation sites is 1. The molecule has 130 valence electrons. The average Bonchev–Trinajstić information content (AvgIpc) is 3.01. The molecule has 25 heavy (non-hydrogen) atoms. The summed E-state index contributed by atoms with van der Waals surface area (Å²) >= 11 is 0. The van der Waals surface area contributed by atoms with Crippen LogP contribution in [-0.2, 0) is 20.7 Å². The first-order valence-corrected chi connectivity index (χ1v) is 8.42. The summed E-state index contributed by atoms with van der Waals surface area (Å²) in [7, 11) is 1.32. The Hall–Kier alpha value is -2.82. The number of benzene rings is 2. The second kappa shape index (κ2) is 7.38. The molecule has 0 aliphatic rings. The minimum Gasteiger partial charge on any atom is -0.469 e. The van der Waals surface area contributed by atoms with E-state index < -0.39 is 0 Å². The van der Waals surface area contributed by atoms with Crippen LogP contribution in [0.15, 0.2) is 36.4 Å². The Morgan fingerprint density at radius 1 is 1.08 bits per heavy atom. The van der Waals surface area contributed by atoms with Gasteiger partial charge in [0.1, 0.15) is 0 Å². The van der Waals surface area contributed by atoms with E-state index in [1.54, 1.807) is 0 Å². The molecule has 3 aromatic rings. The number of esters is 1. The normalized spacial score (nSPS) is 11.0. The van der Waals surface area contributed by atoms with Crippen molar-refractivity contribution < 1.29 is 14.3 Å². The second-order valence-electron chi connectivity index (χ2n) is 6.12. The molecule has 1 heterocycles. The first-order chi connectivity index (χ1) is 12.1. The molecule has 0 spiro atoms. The van der Waals surface area contributed by atoms with Crippen LogP contribution in [-0.4, -0.2) is 30.5 Å². The Kier molecular flexibility index (Phi) is 5.03. The maximum absolute atomic E-state index is 11.7. The zero-order chi connectivity index (χ0) is 17.8. The molecule has 0 atom stereocenters. The molecule has 0 unspecified atom stereocenters. The standard InChI is InChI=1S/C20H22N2O3/c1-13-14(11-12-21-18(23)9-10-19(24)25-2)7-8-16-15-5-3-4-6-17(15)22-20(13)16/h3-8,22H,9-12H2,1-2H3,(H,21,23). The van der Waals surface area contributed by atoms with Crippen molar-refractivity contribution >= 4 is 33.7 Å². The molecule has 0 saturated heterocycles. The highest BCUT2D eigenvalue weighted by atomic mass is 16.5. The number of aryl methyl sites for hydroxylation is 1. The molecule has 1 aromatic heterocycles.